The zero-order valence-corrected chi connectivity index (χ0v) is 11.7. The molecule has 1 atom stereocenters. The number of anilines is 1. The van der Waals surface area contributed by atoms with Gasteiger partial charge in [0, 0.05) is 24.4 Å². The molecule has 106 valence electrons. The minimum absolute atomic E-state index is 0.320. The van der Waals surface area contributed by atoms with E-state index in [0.717, 1.165) is 36.5 Å². The molecule has 20 heavy (non-hydrogen) atoms. The number of aryl methyl sites for hydroxylation is 1. The van der Waals surface area contributed by atoms with Crippen LogP contribution < -0.4 is 5.73 Å². The van der Waals surface area contributed by atoms with Gasteiger partial charge in [-0.25, -0.2) is 4.98 Å². The van der Waals surface area contributed by atoms with Gasteiger partial charge >= 0.3 is 0 Å². The number of hydrogen-bond donors (Lipinski definition) is 1. The monoisotopic (exact) mass is 272 g/mol. The van der Waals surface area contributed by atoms with E-state index in [1.165, 1.54) is 12.8 Å². The van der Waals surface area contributed by atoms with Crippen molar-refractivity contribution >= 4 is 5.82 Å². The normalized spacial score (nSPS) is 20.1. The van der Waals surface area contributed by atoms with Crippen LogP contribution in [0.2, 0.25) is 0 Å². The third kappa shape index (κ3) is 2.67. The van der Waals surface area contributed by atoms with Gasteiger partial charge in [-0.2, -0.15) is 0 Å². The van der Waals surface area contributed by atoms with Gasteiger partial charge in [0.15, 0.2) is 0 Å². The second kappa shape index (κ2) is 5.63. The minimum atomic E-state index is 0.320. The first kappa shape index (κ1) is 13.1. The number of rotatable bonds is 3. The van der Waals surface area contributed by atoms with E-state index in [1.54, 1.807) is 6.20 Å². The maximum absolute atomic E-state index is 5.95. The number of likely N-dealkylation sites (tertiary alicyclic amines) is 1. The number of hydrogen-bond acceptors (Lipinski definition) is 5. The molecule has 3 rings (SSSR count). The van der Waals surface area contributed by atoms with Crippen molar-refractivity contribution in [1.82, 2.24) is 15.0 Å². The zero-order chi connectivity index (χ0) is 13.9. The van der Waals surface area contributed by atoms with Crippen LogP contribution in [0.4, 0.5) is 5.82 Å². The second-order valence-corrected chi connectivity index (χ2v) is 5.39. The van der Waals surface area contributed by atoms with Gasteiger partial charge in [-0.05, 0) is 32.4 Å². The van der Waals surface area contributed by atoms with Crippen LogP contribution in [0.3, 0.4) is 0 Å². The molecule has 0 bridgehead atoms. The molecule has 5 nitrogen and oxygen atoms in total. The number of pyridine rings is 1. The van der Waals surface area contributed by atoms with Crippen molar-refractivity contribution in [2.75, 3.05) is 12.3 Å². The first-order chi connectivity index (χ1) is 9.74. The third-order valence-corrected chi connectivity index (χ3v) is 3.90. The number of nitrogen functional groups attached to an aromatic ring is 1. The Kier molecular flexibility index (Phi) is 3.69. The third-order valence-electron chi connectivity index (χ3n) is 3.90. The van der Waals surface area contributed by atoms with E-state index >= 15 is 0 Å². The Morgan fingerprint density at radius 1 is 1.45 bits per heavy atom. The van der Waals surface area contributed by atoms with Gasteiger partial charge in [0.25, 0.3) is 0 Å². The van der Waals surface area contributed by atoms with Crippen molar-refractivity contribution in [3.05, 3.63) is 41.4 Å². The molecule has 1 aliphatic rings. The maximum atomic E-state index is 5.95. The van der Waals surface area contributed by atoms with Crippen molar-refractivity contribution in [3.8, 4) is 0 Å². The highest BCUT2D eigenvalue weighted by Gasteiger charge is 2.26. The molecule has 3 heterocycles. The summed E-state index contributed by atoms with van der Waals surface area (Å²) in [4.78, 5) is 6.59. The molecule has 0 spiro atoms. The Morgan fingerprint density at radius 2 is 2.35 bits per heavy atom. The summed E-state index contributed by atoms with van der Waals surface area (Å²) in [6.07, 6.45) is 5.29. The molecule has 2 N–H and O–H groups in total. The van der Waals surface area contributed by atoms with Crippen LogP contribution >= 0.6 is 0 Å². The molecule has 1 saturated heterocycles. The molecule has 2 aromatic rings. The lowest BCUT2D eigenvalue weighted by Gasteiger charge is -2.34. The summed E-state index contributed by atoms with van der Waals surface area (Å²) in [6.45, 7) is 3.81. The molecule has 0 aliphatic carbocycles. The van der Waals surface area contributed by atoms with E-state index in [0.29, 0.717) is 11.9 Å². The standard InChI is InChI=1S/C15H20N4O/c1-11-9-13(18-20-11)14-6-2-3-8-19(14)10-12-5-4-7-17-15(12)16/h4-5,7,9,14H,2-3,6,8,10H2,1H3,(H2,16,17)/t14-/m0/s1. The smallest absolute Gasteiger partial charge is 0.133 e. The van der Waals surface area contributed by atoms with E-state index in [1.807, 2.05) is 25.1 Å². The van der Waals surface area contributed by atoms with Crippen LogP contribution in [-0.2, 0) is 6.54 Å². The number of aromatic nitrogens is 2. The van der Waals surface area contributed by atoms with Crippen LogP contribution in [0.25, 0.3) is 0 Å². The summed E-state index contributed by atoms with van der Waals surface area (Å²) >= 11 is 0. The SMILES string of the molecule is Cc1cc([C@@H]2CCCCN2Cc2cccnc2N)no1. The molecule has 1 fully saturated rings. The van der Waals surface area contributed by atoms with Gasteiger partial charge in [-0.15, -0.1) is 0 Å². The van der Waals surface area contributed by atoms with Crippen LogP contribution in [0.15, 0.2) is 28.9 Å². The summed E-state index contributed by atoms with van der Waals surface area (Å²) in [5, 5.41) is 4.19. The summed E-state index contributed by atoms with van der Waals surface area (Å²) in [5.74, 6) is 1.49. The van der Waals surface area contributed by atoms with E-state index in [4.69, 9.17) is 10.3 Å². The van der Waals surface area contributed by atoms with E-state index < -0.39 is 0 Å². The Balaban J connectivity index is 1.81. The Labute approximate surface area is 118 Å². The Bertz CT molecular complexity index is 581. The summed E-state index contributed by atoms with van der Waals surface area (Å²) < 4.78 is 5.23. The largest absolute Gasteiger partial charge is 0.383 e. The van der Waals surface area contributed by atoms with Gasteiger partial charge in [0.2, 0.25) is 0 Å². The average molecular weight is 272 g/mol. The molecule has 5 heteroatoms. The minimum Gasteiger partial charge on any atom is -0.383 e. The van der Waals surface area contributed by atoms with Crippen molar-refractivity contribution in [2.24, 2.45) is 0 Å². The predicted molar refractivity (Wildman–Crippen MR) is 76.9 cm³/mol. The highest BCUT2D eigenvalue weighted by molar-refractivity contribution is 5.38. The fourth-order valence-electron chi connectivity index (χ4n) is 2.86. The fourth-order valence-corrected chi connectivity index (χ4v) is 2.86. The van der Waals surface area contributed by atoms with Gasteiger partial charge in [-0.1, -0.05) is 17.6 Å². The number of nitrogens with two attached hydrogens (primary N) is 1. The molecular formula is C15H20N4O. The molecule has 2 aromatic heterocycles. The first-order valence-corrected chi connectivity index (χ1v) is 7.10. The fraction of sp³-hybridized carbons (Fsp3) is 0.467. The molecule has 1 aliphatic heterocycles. The van der Waals surface area contributed by atoms with Gasteiger partial charge < -0.3 is 10.3 Å². The lowest BCUT2D eigenvalue weighted by atomic mass is 9.98. The molecule has 0 saturated carbocycles. The summed E-state index contributed by atoms with van der Waals surface area (Å²) in [6, 6.07) is 6.34. The Hall–Kier alpha value is -1.88. The van der Waals surface area contributed by atoms with Gasteiger partial charge in [0.05, 0.1) is 6.04 Å². The lowest BCUT2D eigenvalue weighted by Crippen LogP contribution is -2.33. The van der Waals surface area contributed by atoms with E-state index in [-0.39, 0.29) is 0 Å². The van der Waals surface area contributed by atoms with Crippen molar-refractivity contribution in [1.29, 1.82) is 0 Å². The quantitative estimate of drug-likeness (QED) is 0.930. The summed E-state index contributed by atoms with van der Waals surface area (Å²) in [5.41, 5.74) is 8.07. The van der Waals surface area contributed by atoms with Crippen molar-refractivity contribution in [3.63, 3.8) is 0 Å². The van der Waals surface area contributed by atoms with E-state index in [9.17, 15) is 0 Å². The Morgan fingerprint density at radius 3 is 3.10 bits per heavy atom. The lowest BCUT2D eigenvalue weighted by molar-refractivity contribution is 0.134. The van der Waals surface area contributed by atoms with Gasteiger partial charge in [0.1, 0.15) is 17.3 Å². The highest BCUT2D eigenvalue weighted by Crippen LogP contribution is 2.32. The maximum Gasteiger partial charge on any atom is 0.133 e. The molecule has 0 aromatic carbocycles. The topological polar surface area (TPSA) is 68.2 Å². The highest BCUT2D eigenvalue weighted by atomic mass is 16.5. The van der Waals surface area contributed by atoms with E-state index in [2.05, 4.69) is 15.0 Å². The first-order valence-electron chi connectivity index (χ1n) is 7.10. The molecule has 0 unspecified atom stereocenters. The second-order valence-electron chi connectivity index (χ2n) is 5.39. The van der Waals surface area contributed by atoms with Gasteiger partial charge in [-0.3, -0.25) is 4.90 Å². The number of piperidine rings is 1. The average Bonchev–Trinajstić information content (AvgIpc) is 2.88. The predicted octanol–water partition coefficient (Wildman–Crippen LogP) is 2.69. The van der Waals surface area contributed by atoms with Crippen LogP contribution in [0, 0.1) is 6.92 Å². The van der Waals surface area contributed by atoms with Crippen LogP contribution in [0.5, 0.6) is 0 Å². The molecule has 0 radical (unpaired) electrons. The molecule has 0 amide bonds. The molecular weight excluding hydrogens is 252 g/mol. The summed E-state index contributed by atoms with van der Waals surface area (Å²) in [7, 11) is 0. The van der Waals surface area contributed by atoms with Crippen LogP contribution in [-0.4, -0.2) is 21.6 Å². The number of nitrogens with zero attached hydrogens (tertiary/aromatic N) is 3. The van der Waals surface area contributed by atoms with Crippen molar-refractivity contribution < 1.29 is 4.52 Å². The van der Waals surface area contributed by atoms with Crippen molar-refractivity contribution in [2.45, 2.75) is 38.8 Å². The van der Waals surface area contributed by atoms with Crippen LogP contribution in [0.1, 0.15) is 42.3 Å². The zero-order valence-electron chi connectivity index (χ0n) is 11.7.